The second-order valence-electron chi connectivity index (χ2n) is 11.0. The second-order valence-corrected chi connectivity index (χ2v) is 11.0. The van der Waals surface area contributed by atoms with Crippen LogP contribution in [0.1, 0.15) is 90.9 Å². The Bertz CT molecular complexity index is 1100. The van der Waals surface area contributed by atoms with E-state index in [0.717, 1.165) is 61.2 Å². The van der Waals surface area contributed by atoms with Gasteiger partial charge < -0.3 is 16.2 Å². The molecule has 3 aliphatic carbocycles. The standard InChI is InChI=1S/C26H34N4O3/c1-26(2)13-21-24(23(32)14-26)20(11-15-7-8-15)29-30(21)16-9-10-17(25(27)33)19(12-16)28-18-5-3-4-6-22(18)31/h9-10,12,15,18,22,28,31H,3-8,11,13-14H2,1-2H3,(H2,27,33)/t18-,22-/m0/s1. The first-order chi connectivity index (χ1) is 15.7. The van der Waals surface area contributed by atoms with Gasteiger partial charge in [0.1, 0.15) is 0 Å². The van der Waals surface area contributed by atoms with Crippen LogP contribution in [0.5, 0.6) is 0 Å². The summed E-state index contributed by atoms with van der Waals surface area (Å²) in [5.41, 5.74) is 10.0. The molecule has 3 aliphatic rings. The molecular formula is C26H34N4O3. The van der Waals surface area contributed by atoms with E-state index in [1.165, 1.54) is 12.8 Å². The topological polar surface area (TPSA) is 110 Å². The van der Waals surface area contributed by atoms with Crippen molar-refractivity contribution in [1.29, 1.82) is 0 Å². The van der Waals surface area contributed by atoms with Crippen LogP contribution < -0.4 is 11.1 Å². The SMILES string of the molecule is CC1(C)CC(=O)c2c(CC3CC3)nn(-c3ccc(C(N)=O)c(N[C@H]4CCCC[C@@H]4O)c3)c2C1. The number of aliphatic hydroxyl groups is 1. The van der Waals surface area contributed by atoms with Gasteiger partial charge in [0.2, 0.25) is 0 Å². The second kappa shape index (κ2) is 8.28. The van der Waals surface area contributed by atoms with Crippen molar-refractivity contribution < 1.29 is 14.7 Å². The van der Waals surface area contributed by atoms with Crippen molar-refractivity contribution in [1.82, 2.24) is 9.78 Å². The highest BCUT2D eigenvalue weighted by molar-refractivity contribution is 6.00. The van der Waals surface area contributed by atoms with Crippen molar-refractivity contribution in [2.45, 2.75) is 83.8 Å². The van der Waals surface area contributed by atoms with Crippen LogP contribution in [0.3, 0.4) is 0 Å². The van der Waals surface area contributed by atoms with Crippen molar-refractivity contribution in [3.8, 4) is 5.69 Å². The number of Topliss-reactive ketones (excluding diaryl/α,β-unsaturated/α-hetero) is 1. The average Bonchev–Trinajstić information content (AvgIpc) is 3.48. The zero-order valence-corrected chi connectivity index (χ0v) is 19.6. The first-order valence-corrected chi connectivity index (χ1v) is 12.2. The van der Waals surface area contributed by atoms with E-state index in [-0.39, 0.29) is 17.2 Å². The monoisotopic (exact) mass is 450 g/mol. The van der Waals surface area contributed by atoms with Crippen LogP contribution in [-0.4, -0.2) is 38.7 Å². The zero-order valence-electron chi connectivity index (χ0n) is 19.6. The van der Waals surface area contributed by atoms with Crippen LogP contribution in [0.2, 0.25) is 0 Å². The molecule has 1 amide bonds. The minimum absolute atomic E-state index is 0.121. The number of amides is 1. The Morgan fingerprint density at radius 2 is 1.97 bits per heavy atom. The molecule has 0 spiro atoms. The number of carbonyl (C=O) groups excluding carboxylic acids is 2. The number of aliphatic hydroxyl groups excluding tert-OH is 1. The van der Waals surface area contributed by atoms with E-state index < -0.39 is 12.0 Å². The highest BCUT2D eigenvalue weighted by Crippen LogP contribution is 2.40. The van der Waals surface area contributed by atoms with E-state index in [4.69, 9.17) is 10.8 Å². The Labute approximate surface area is 194 Å². The van der Waals surface area contributed by atoms with Crippen LogP contribution in [0.4, 0.5) is 5.69 Å². The normalized spacial score (nSPS) is 24.4. The maximum atomic E-state index is 13.1. The smallest absolute Gasteiger partial charge is 0.250 e. The molecule has 2 saturated carbocycles. The number of rotatable bonds is 6. The van der Waals surface area contributed by atoms with Gasteiger partial charge in [0.15, 0.2) is 5.78 Å². The first kappa shape index (κ1) is 22.1. The van der Waals surface area contributed by atoms with Crippen molar-refractivity contribution in [3.05, 3.63) is 40.7 Å². The highest BCUT2D eigenvalue weighted by atomic mass is 16.3. The summed E-state index contributed by atoms with van der Waals surface area (Å²) in [5.74, 6) is 0.297. The lowest BCUT2D eigenvalue weighted by Gasteiger charge is -2.30. The van der Waals surface area contributed by atoms with E-state index in [9.17, 15) is 14.7 Å². The highest BCUT2D eigenvalue weighted by Gasteiger charge is 2.38. The predicted octanol–water partition coefficient (Wildman–Crippen LogP) is 3.79. The summed E-state index contributed by atoms with van der Waals surface area (Å²) in [7, 11) is 0. The molecule has 0 saturated heterocycles. The molecular weight excluding hydrogens is 416 g/mol. The third kappa shape index (κ3) is 4.43. The number of carbonyl (C=O) groups is 2. The van der Waals surface area contributed by atoms with E-state index >= 15 is 0 Å². The van der Waals surface area contributed by atoms with Crippen LogP contribution >= 0.6 is 0 Å². The molecule has 7 heteroatoms. The van der Waals surface area contributed by atoms with Gasteiger partial charge in [-0.15, -0.1) is 0 Å². The maximum Gasteiger partial charge on any atom is 0.250 e. The maximum absolute atomic E-state index is 13.1. The van der Waals surface area contributed by atoms with Gasteiger partial charge >= 0.3 is 0 Å². The number of fused-ring (bicyclic) bond motifs is 1. The van der Waals surface area contributed by atoms with Crippen LogP contribution in [-0.2, 0) is 12.8 Å². The summed E-state index contributed by atoms with van der Waals surface area (Å²) < 4.78 is 1.90. The quantitative estimate of drug-likeness (QED) is 0.620. The fraction of sp³-hybridized carbons (Fsp3) is 0.577. The third-order valence-electron chi connectivity index (χ3n) is 7.38. The summed E-state index contributed by atoms with van der Waals surface area (Å²) in [4.78, 5) is 25.3. The Kier molecular flexibility index (Phi) is 5.55. The molecule has 1 aromatic carbocycles. The van der Waals surface area contributed by atoms with E-state index in [1.54, 1.807) is 6.07 Å². The van der Waals surface area contributed by atoms with Gasteiger partial charge in [-0.3, -0.25) is 9.59 Å². The summed E-state index contributed by atoms with van der Waals surface area (Å²) in [6.45, 7) is 4.25. The van der Waals surface area contributed by atoms with Gasteiger partial charge in [-0.1, -0.05) is 26.7 Å². The van der Waals surface area contributed by atoms with Crippen molar-refractivity contribution in [2.24, 2.45) is 17.1 Å². The fourth-order valence-corrected chi connectivity index (χ4v) is 5.46. The number of hydrogen-bond acceptors (Lipinski definition) is 5. The molecule has 176 valence electrons. The lowest BCUT2D eigenvalue weighted by atomic mass is 9.75. The number of nitrogens with zero attached hydrogens (tertiary/aromatic N) is 2. The summed E-state index contributed by atoms with van der Waals surface area (Å²) >= 11 is 0. The van der Waals surface area contributed by atoms with Crippen molar-refractivity contribution in [2.75, 3.05) is 5.32 Å². The summed E-state index contributed by atoms with van der Waals surface area (Å²) in [5, 5.41) is 18.8. The van der Waals surface area contributed by atoms with Crippen molar-refractivity contribution in [3.63, 3.8) is 0 Å². The molecule has 2 fully saturated rings. The van der Waals surface area contributed by atoms with Gasteiger partial charge in [-0.05, 0) is 68.1 Å². The van der Waals surface area contributed by atoms with Crippen LogP contribution in [0.25, 0.3) is 5.69 Å². The number of aromatic nitrogens is 2. The predicted molar refractivity (Wildman–Crippen MR) is 127 cm³/mol. The number of benzene rings is 1. The summed E-state index contributed by atoms with van der Waals surface area (Å²) in [6.07, 6.45) is 7.74. The number of primary amides is 1. The van der Waals surface area contributed by atoms with Gasteiger partial charge in [0.05, 0.1) is 40.3 Å². The molecule has 0 radical (unpaired) electrons. The number of nitrogens with two attached hydrogens (primary N) is 1. The fourth-order valence-electron chi connectivity index (χ4n) is 5.46. The van der Waals surface area contributed by atoms with E-state index in [2.05, 4.69) is 19.2 Å². The number of ketones is 1. The lowest BCUT2D eigenvalue weighted by Crippen LogP contribution is -2.37. The number of nitrogens with one attached hydrogen (secondary N) is 1. The van der Waals surface area contributed by atoms with Gasteiger partial charge in [-0.25, -0.2) is 4.68 Å². The molecule has 5 rings (SSSR count). The largest absolute Gasteiger partial charge is 0.391 e. The zero-order chi connectivity index (χ0) is 23.3. The molecule has 7 nitrogen and oxygen atoms in total. The van der Waals surface area contributed by atoms with Crippen molar-refractivity contribution >= 4 is 17.4 Å². The Balaban J connectivity index is 1.57. The molecule has 2 atom stereocenters. The minimum Gasteiger partial charge on any atom is -0.391 e. The minimum atomic E-state index is -0.512. The number of anilines is 1. The third-order valence-corrected chi connectivity index (χ3v) is 7.38. The van der Waals surface area contributed by atoms with Gasteiger partial charge in [0.25, 0.3) is 5.91 Å². The summed E-state index contributed by atoms with van der Waals surface area (Å²) in [6, 6.07) is 5.34. The lowest BCUT2D eigenvalue weighted by molar-refractivity contribution is 0.0909. The Morgan fingerprint density at radius 1 is 1.21 bits per heavy atom. The molecule has 33 heavy (non-hydrogen) atoms. The molecule has 0 unspecified atom stereocenters. The molecule has 0 bridgehead atoms. The van der Waals surface area contributed by atoms with Gasteiger partial charge in [-0.2, -0.15) is 5.10 Å². The Morgan fingerprint density at radius 3 is 2.67 bits per heavy atom. The number of hydrogen-bond donors (Lipinski definition) is 3. The first-order valence-electron chi connectivity index (χ1n) is 12.2. The van der Waals surface area contributed by atoms with Gasteiger partial charge in [0, 0.05) is 12.1 Å². The molecule has 1 aromatic heterocycles. The molecule has 0 aliphatic heterocycles. The van der Waals surface area contributed by atoms with Crippen LogP contribution in [0, 0.1) is 11.3 Å². The van der Waals surface area contributed by atoms with Crippen LogP contribution in [0.15, 0.2) is 18.2 Å². The molecule has 4 N–H and O–H groups in total. The average molecular weight is 451 g/mol. The molecule has 2 aromatic rings. The Hall–Kier alpha value is -2.67. The van der Waals surface area contributed by atoms with E-state index in [1.807, 2.05) is 16.8 Å². The molecule has 1 heterocycles. The van der Waals surface area contributed by atoms with E-state index in [0.29, 0.717) is 23.6 Å².